The van der Waals surface area contributed by atoms with E-state index in [0.29, 0.717) is 27.6 Å². The molecule has 0 fully saturated rings. The van der Waals surface area contributed by atoms with E-state index in [-0.39, 0.29) is 28.5 Å². The number of carbonyl (C=O) groups excluding carboxylic acids is 1. The lowest BCUT2D eigenvalue weighted by molar-refractivity contribution is -0.118. The molecule has 3 rings (SSSR count). The van der Waals surface area contributed by atoms with Crippen LogP contribution in [0.5, 0.6) is 5.75 Å². The van der Waals surface area contributed by atoms with Crippen LogP contribution in [-0.4, -0.2) is 78.9 Å². The molecule has 0 radical (unpaired) electrons. The summed E-state index contributed by atoms with van der Waals surface area (Å²) in [6.07, 6.45) is 0.871. The zero-order chi connectivity index (χ0) is 25.1. The van der Waals surface area contributed by atoms with Gasteiger partial charge >= 0.3 is 0 Å². The molecule has 0 aliphatic heterocycles. The highest BCUT2D eigenvalue weighted by molar-refractivity contribution is 7.91. The molecule has 2 aromatic carbocycles. The van der Waals surface area contributed by atoms with Gasteiger partial charge in [-0.3, -0.25) is 9.69 Å². The molecule has 9 nitrogen and oxygen atoms in total. The molecule has 0 bridgehead atoms. The Hall–Kier alpha value is -2.54. The minimum Gasteiger partial charge on any atom is -0.497 e. The Labute approximate surface area is 203 Å². The molecule has 1 amide bonds. The number of aromatic nitrogens is 1. The van der Waals surface area contributed by atoms with Crippen LogP contribution in [0.25, 0.3) is 10.2 Å². The first-order valence-electron chi connectivity index (χ1n) is 10.3. The van der Waals surface area contributed by atoms with Crippen LogP contribution < -0.4 is 9.64 Å². The molecule has 34 heavy (non-hydrogen) atoms. The third-order valence-electron chi connectivity index (χ3n) is 5.08. The van der Waals surface area contributed by atoms with Crippen molar-refractivity contribution in [2.75, 3.05) is 51.2 Å². The molecule has 0 atom stereocenters. The van der Waals surface area contributed by atoms with E-state index < -0.39 is 25.6 Å². The standard InChI is InChI=1S/C22H27N3O6S3/c1-24(2)13-14-25(22-23-21-18(32-22)6-5-7-19(21)33(4,27)28)20(26)12-15-34(29,30)17-10-8-16(31-3)9-11-17/h5-11H,12-15H2,1-4H3. The van der Waals surface area contributed by atoms with Crippen molar-refractivity contribution in [2.24, 2.45) is 0 Å². The van der Waals surface area contributed by atoms with Crippen molar-refractivity contribution in [3.8, 4) is 5.75 Å². The van der Waals surface area contributed by atoms with Gasteiger partial charge in [0.1, 0.15) is 11.3 Å². The number of hydrogen-bond donors (Lipinski definition) is 0. The normalized spacial score (nSPS) is 12.3. The van der Waals surface area contributed by atoms with Crippen LogP contribution in [0, 0.1) is 0 Å². The lowest BCUT2D eigenvalue weighted by atomic mass is 10.3. The fourth-order valence-corrected chi connectivity index (χ4v) is 6.37. The molecule has 1 aromatic heterocycles. The molecular formula is C22H27N3O6S3. The Morgan fingerprint density at radius 3 is 2.29 bits per heavy atom. The van der Waals surface area contributed by atoms with Crippen LogP contribution >= 0.6 is 11.3 Å². The summed E-state index contributed by atoms with van der Waals surface area (Å²) >= 11 is 1.20. The highest BCUT2D eigenvalue weighted by atomic mass is 32.2. The van der Waals surface area contributed by atoms with E-state index in [4.69, 9.17) is 4.74 Å². The number of ether oxygens (including phenoxy) is 1. The van der Waals surface area contributed by atoms with Gasteiger partial charge < -0.3 is 9.64 Å². The van der Waals surface area contributed by atoms with E-state index in [1.165, 1.54) is 41.5 Å². The first kappa shape index (κ1) is 26.1. The van der Waals surface area contributed by atoms with Crippen molar-refractivity contribution >= 4 is 52.3 Å². The quantitative estimate of drug-likeness (QED) is 0.397. The smallest absolute Gasteiger partial charge is 0.229 e. The highest BCUT2D eigenvalue weighted by Gasteiger charge is 2.25. The summed E-state index contributed by atoms with van der Waals surface area (Å²) in [6.45, 7) is 0.800. The summed E-state index contributed by atoms with van der Waals surface area (Å²) < 4.78 is 55.5. The second-order valence-electron chi connectivity index (χ2n) is 7.96. The maximum atomic E-state index is 13.2. The summed E-state index contributed by atoms with van der Waals surface area (Å²) in [6, 6.07) is 10.9. The lowest BCUT2D eigenvalue weighted by Crippen LogP contribution is -2.37. The van der Waals surface area contributed by atoms with Gasteiger partial charge in [-0.1, -0.05) is 17.4 Å². The summed E-state index contributed by atoms with van der Waals surface area (Å²) in [5, 5.41) is 0.333. The molecule has 1 heterocycles. The number of carbonyl (C=O) groups is 1. The Kier molecular flexibility index (Phi) is 7.96. The van der Waals surface area contributed by atoms with Gasteiger partial charge in [-0.05, 0) is 50.5 Å². The Bertz CT molecular complexity index is 1380. The molecule has 184 valence electrons. The van der Waals surface area contributed by atoms with Crippen LogP contribution in [-0.2, 0) is 24.5 Å². The number of benzene rings is 2. The first-order chi connectivity index (χ1) is 15.9. The maximum absolute atomic E-state index is 13.2. The van der Waals surface area contributed by atoms with E-state index in [1.54, 1.807) is 24.3 Å². The van der Waals surface area contributed by atoms with Gasteiger partial charge in [-0.2, -0.15) is 0 Å². The minimum atomic E-state index is -3.69. The van der Waals surface area contributed by atoms with Gasteiger partial charge in [0, 0.05) is 25.8 Å². The van der Waals surface area contributed by atoms with Gasteiger partial charge in [0.2, 0.25) is 5.91 Å². The number of sulfone groups is 2. The van der Waals surface area contributed by atoms with Gasteiger partial charge in [0.15, 0.2) is 24.8 Å². The molecule has 12 heteroatoms. The van der Waals surface area contributed by atoms with Crippen LogP contribution in [0.3, 0.4) is 0 Å². The number of nitrogens with zero attached hydrogens (tertiary/aromatic N) is 3. The predicted molar refractivity (Wildman–Crippen MR) is 133 cm³/mol. The second kappa shape index (κ2) is 10.4. The SMILES string of the molecule is COc1ccc(S(=O)(=O)CCC(=O)N(CCN(C)C)c2nc3c(S(C)(=O)=O)cccc3s2)cc1. The molecule has 3 aromatic rings. The number of methoxy groups -OCH3 is 1. The number of anilines is 1. The summed E-state index contributed by atoms with van der Waals surface area (Å²) in [4.78, 5) is 21.2. The first-order valence-corrected chi connectivity index (χ1v) is 14.7. The van der Waals surface area contributed by atoms with Crippen molar-refractivity contribution in [3.05, 3.63) is 42.5 Å². The zero-order valence-electron chi connectivity index (χ0n) is 19.4. The monoisotopic (exact) mass is 525 g/mol. The number of para-hydroxylation sites is 1. The third-order valence-corrected chi connectivity index (χ3v) is 8.98. The predicted octanol–water partition coefficient (Wildman–Crippen LogP) is 2.47. The van der Waals surface area contributed by atoms with Crippen molar-refractivity contribution in [1.29, 1.82) is 0 Å². The average molecular weight is 526 g/mol. The van der Waals surface area contributed by atoms with Crippen molar-refractivity contribution < 1.29 is 26.4 Å². The summed E-state index contributed by atoms with van der Waals surface area (Å²) in [7, 11) is -1.99. The van der Waals surface area contributed by atoms with Crippen molar-refractivity contribution in [3.63, 3.8) is 0 Å². The van der Waals surface area contributed by atoms with Gasteiger partial charge in [0.25, 0.3) is 0 Å². The largest absolute Gasteiger partial charge is 0.497 e. The maximum Gasteiger partial charge on any atom is 0.229 e. The van der Waals surface area contributed by atoms with Crippen LogP contribution in [0.1, 0.15) is 6.42 Å². The molecule has 0 N–H and O–H groups in total. The van der Waals surface area contributed by atoms with Crippen LogP contribution in [0.2, 0.25) is 0 Å². The minimum absolute atomic E-state index is 0.0922. The van der Waals surface area contributed by atoms with E-state index >= 15 is 0 Å². The Balaban J connectivity index is 1.88. The number of hydrogen-bond acceptors (Lipinski definition) is 9. The number of fused-ring (bicyclic) bond motifs is 1. The second-order valence-corrected chi connectivity index (χ2v) is 13.1. The number of thiazole rings is 1. The molecule has 0 spiro atoms. The Morgan fingerprint density at radius 2 is 1.71 bits per heavy atom. The fraction of sp³-hybridized carbons (Fsp3) is 0.364. The van der Waals surface area contributed by atoms with E-state index in [1.807, 2.05) is 19.0 Å². The van der Waals surface area contributed by atoms with Gasteiger partial charge in [-0.25, -0.2) is 21.8 Å². The van der Waals surface area contributed by atoms with Crippen molar-refractivity contribution in [2.45, 2.75) is 16.2 Å². The number of amides is 1. The molecule has 0 aliphatic carbocycles. The molecule has 0 saturated heterocycles. The average Bonchev–Trinajstić information content (AvgIpc) is 3.20. The molecule has 0 aliphatic rings. The summed E-state index contributed by atoms with van der Waals surface area (Å²) in [5.74, 6) is -0.232. The molecule has 0 unspecified atom stereocenters. The lowest BCUT2D eigenvalue weighted by Gasteiger charge is -2.22. The highest BCUT2D eigenvalue weighted by Crippen LogP contribution is 2.33. The van der Waals surface area contributed by atoms with E-state index in [9.17, 15) is 21.6 Å². The van der Waals surface area contributed by atoms with E-state index in [0.717, 1.165) is 6.26 Å². The van der Waals surface area contributed by atoms with E-state index in [2.05, 4.69) is 4.98 Å². The summed E-state index contributed by atoms with van der Waals surface area (Å²) in [5.41, 5.74) is 0.304. The third kappa shape index (κ3) is 6.12. The van der Waals surface area contributed by atoms with Gasteiger partial charge in [-0.15, -0.1) is 0 Å². The van der Waals surface area contributed by atoms with Crippen molar-refractivity contribution in [1.82, 2.24) is 9.88 Å². The van der Waals surface area contributed by atoms with Crippen LogP contribution in [0.4, 0.5) is 5.13 Å². The Morgan fingerprint density at radius 1 is 1.03 bits per heavy atom. The topological polar surface area (TPSA) is 114 Å². The van der Waals surface area contributed by atoms with Crippen LogP contribution in [0.15, 0.2) is 52.3 Å². The molecule has 0 saturated carbocycles. The van der Waals surface area contributed by atoms with Gasteiger partial charge in [0.05, 0.1) is 27.4 Å². The number of likely N-dealkylation sites (N-methyl/N-ethyl adjacent to an activating group) is 1. The zero-order valence-corrected chi connectivity index (χ0v) is 21.8. The molecular weight excluding hydrogens is 498 g/mol. The number of rotatable bonds is 10. The fourth-order valence-electron chi connectivity index (χ4n) is 3.21.